The lowest BCUT2D eigenvalue weighted by molar-refractivity contribution is 0.0322. The highest BCUT2D eigenvalue weighted by atomic mass is 35.5. The molecule has 1 aromatic carbocycles. The molecule has 2 rings (SSSR count). The predicted octanol–water partition coefficient (Wildman–Crippen LogP) is 1.55. The van der Waals surface area contributed by atoms with Gasteiger partial charge in [0.05, 0.1) is 13.2 Å². The number of benzene rings is 1. The van der Waals surface area contributed by atoms with E-state index in [1.807, 2.05) is 18.2 Å². The molecule has 0 amide bonds. The van der Waals surface area contributed by atoms with Crippen LogP contribution >= 0.6 is 11.6 Å². The molecule has 1 aliphatic heterocycles. The van der Waals surface area contributed by atoms with Gasteiger partial charge in [-0.05, 0) is 36.7 Å². The van der Waals surface area contributed by atoms with Gasteiger partial charge in [-0.25, -0.2) is 0 Å². The Morgan fingerprint density at radius 2 is 2.11 bits per heavy atom. The van der Waals surface area contributed by atoms with Crippen molar-refractivity contribution in [1.29, 1.82) is 0 Å². The van der Waals surface area contributed by atoms with Crippen molar-refractivity contribution in [2.24, 2.45) is 5.73 Å². The van der Waals surface area contributed by atoms with Crippen molar-refractivity contribution >= 4 is 11.6 Å². The molecule has 106 valence electrons. The molecule has 4 nitrogen and oxygen atoms in total. The maximum absolute atomic E-state index is 5.99. The van der Waals surface area contributed by atoms with Gasteiger partial charge in [0.15, 0.2) is 0 Å². The summed E-state index contributed by atoms with van der Waals surface area (Å²) < 4.78 is 11.2. The number of nitrogens with zero attached hydrogens (tertiary/aromatic N) is 1. The fourth-order valence-corrected chi connectivity index (χ4v) is 2.34. The Balaban J connectivity index is 1.84. The monoisotopic (exact) mass is 284 g/mol. The number of nitrogens with two attached hydrogens (primary N) is 1. The molecule has 0 radical (unpaired) electrons. The van der Waals surface area contributed by atoms with E-state index in [-0.39, 0.29) is 0 Å². The van der Waals surface area contributed by atoms with Gasteiger partial charge in [0, 0.05) is 24.7 Å². The van der Waals surface area contributed by atoms with Crippen LogP contribution in [0.15, 0.2) is 18.2 Å². The van der Waals surface area contributed by atoms with Crippen molar-refractivity contribution in [3.05, 3.63) is 28.8 Å². The Kier molecular flexibility index (Phi) is 5.92. The average molecular weight is 285 g/mol. The fourth-order valence-electron chi connectivity index (χ4n) is 2.15. The quantitative estimate of drug-likeness (QED) is 0.861. The van der Waals surface area contributed by atoms with Crippen LogP contribution in [0.1, 0.15) is 5.56 Å². The highest BCUT2D eigenvalue weighted by Gasteiger charge is 2.10. The first kappa shape index (κ1) is 14.6. The van der Waals surface area contributed by atoms with Gasteiger partial charge in [-0.15, -0.1) is 0 Å². The minimum Gasteiger partial charge on any atom is -0.492 e. The molecule has 0 bridgehead atoms. The van der Waals surface area contributed by atoms with E-state index in [0.29, 0.717) is 13.2 Å². The molecule has 2 N–H and O–H groups in total. The summed E-state index contributed by atoms with van der Waals surface area (Å²) in [6.07, 6.45) is 0.785. The predicted molar refractivity (Wildman–Crippen MR) is 77.0 cm³/mol. The second-order valence-electron chi connectivity index (χ2n) is 4.59. The minimum absolute atomic E-state index is 0.597. The van der Waals surface area contributed by atoms with Gasteiger partial charge in [-0.3, -0.25) is 4.90 Å². The summed E-state index contributed by atoms with van der Waals surface area (Å²) in [7, 11) is 0. The Labute approximate surface area is 119 Å². The molecular formula is C14H21ClN2O2. The smallest absolute Gasteiger partial charge is 0.122 e. The van der Waals surface area contributed by atoms with E-state index in [1.165, 1.54) is 0 Å². The Bertz CT molecular complexity index is 395. The second kappa shape index (κ2) is 7.70. The van der Waals surface area contributed by atoms with E-state index in [9.17, 15) is 0 Å². The number of morpholine rings is 1. The van der Waals surface area contributed by atoms with Crippen LogP contribution in [0.25, 0.3) is 0 Å². The van der Waals surface area contributed by atoms with Crippen LogP contribution in [-0.2, 0) is 11.2 Å². The van der Waals surface area contributed by atoms with Crippen LogP contribution in [0.3, 0.4) is 0 Å². The first-order valence-corrected chi connectivity index (χ1v) is 7.09. The van der Waals surface area contributed by atoms with Gasteiger partial charge in [-0.2, -0.15) is 0 Å². The molecule has 1 saturated heterocycles. The zero-order valence-corrected chi connectivity index (χ0v) is 11.9. The zero-order valence-electron chi connectivity index (χ0n) is 11.1. The third-order valence-electron chi connectivity index (χ3n) is 3.20. The first-order chi connectivity index (χ1) is 9.29. The molecule has 1 aliphatic rings. The summed E-state index contributed by atoms with van der Waals surface area (Å²) in [4.78, 5) is 2.35. The summed E-state index contributed by atoms with van der Waals surface area (Å²) in [6.45, 7) is 5.81. The average Bonchev–Trinajstić information content (AvgIpc) is 2.43. The van der Waals surface area contributed by atoms with Crippen LogP contribution in [0, 0.1) is 0 Å². The van der Waals surface area contributed by atoms with Crippen molar-refractivity contribution < 1.29 is 9.47 Å². The molecule has 19 heavy (non-hydrogen) atoms. The van der Waals surface area contributed by atoms with Gasteiger partial charge < -0.3 is 15.2 Å². The topological polar surface area (TPSA) is 47.7 Å². The molecule has 0 unspecified atom stereocenters. The molecule has 1 heterocycles. The number of halogens is 1. The number of hydrogen-bond acceptors (Lipinski definition) is 4. The highest BCUT2D eigenvalue weighted by molar-refractivity contribution is 6.30. The van der Waals surface area contributed by atoms with Crippen molar-refractivity contribution in [3.8, 4) is 5.75 Å². The van der Waals surface area contributed by atoms with E-state index in [2.05, 4.69) is 4.90 Å². The van der Waals surface area contributed by atoms with Crippen molar-refractivity contribution in [3.63, 3.8) is 0 Å². The molecular weight excluding hydrogens is 264 g/mol. The van der Waals surface area contributed by atoms with Crippen LogP contribution in [-0.4, -0.2) is 50.9 Å². The largest absolute Gasteiger partial charge is 0.492 e. The third-order valence-corrected chi connectivity index (χ3v) is 3.44. The zero-order chi connectivity index (χ0) is 13.5. The van der Waals surface area contributed by atoms with Gasteiger partial charge in [0.25, 0.3) is 0 Å². The van der Waals surface area contributed by atoms with Crippen LogP contribution in [0.5, 0.6) is 5.75 Å². The van der Waals surface area contributed by atoms with Gasteiger partial charge >= 0.3 is 0 Å². The van der Waals surface area contributed by atoms with Gasteiger partial charge in [-0.1, -0.05) is 11.6 Å². The van der Waals surface area contributed by atoms with E-state index < -0.39 is 0 Å². The maximum atomic E-state index is 5.99. The molecule has 0 aromatic heterocycles. The normalized spacial score (nSPS) is 16.5. The Morgan fingerprint density at radius 1 is 1.32 bits per heavy atom. The Morgan fingerprint density at radius 3 is 2.84 bits per heavy atom. The lowest BCUT2D eigenvalue weighted by Gasteiger charge is -2.26. The summed E-state index contributed by atoms with van der Waals surface area (Å²) in [5, 5.41) is 0.726. The SMILES string of the molecule is NCCc1cc(Cl)ccc1OCCN1CCOCC1. The molecule has 0 atom stereocenters. The van der Waals surface area contributed by atoms with Gasteiger partial charge in [0.1, 0.15) is 12.4 Å². The summed E-state index contributed by atoms with van der Waals surface area (Å²) in [6, 6.07) is 5.71. The first-order valence-electron chi connectivity index (χ1n) is 6.71. The fraction of sp³-hybridized carbons (Fsp3) is 0.571. The van der Waals surface area contributed by atoms with Crippen molar-refractivity contribution in [1.82, 2.24) is 4.90 Å². The van der Waals surface area contributed by atoms with Crippen LogP contribution in [0.4, 0.5) is 0 Å². The van der Waals surface area contributed by atoms with Crippen LogP contribution in [0.2, 0.25) is 5.02 Å². The van der Waals surface area contributed by atoms with Gasteiger partial charge in [0.2, 0.25) is 0 Å². The summed E-state index contributed by atoms with van der Waals surface area (Å²) >= 11 is 5.99. The number of rotatable bonds is 6. The van der Waals surface area contributed by atoms with Crippen molar-refractivity contribution in [2.45, 2.75) is 6.42 Å². The maximum Gasteiger partial charge on any atom is 0.122 e. The molecule has 0 saturated carbocycles. The van der Waals surface area contributed by atoms with Crippen molar-refractivity contribution in [2.75, 3.05) is 46.0 Å². The van der Waals surface area contributed by atoms with E-state index >= 15 is 0 Å². The second-order valence-corrected chi connectivity index (χ2v) is 5.03. The number of hydrogen-bond donors (Lipinski definition) is 1. The number of ether oxygens (including phenoxy) is 2. The third kappa shape index (κ3) is 4.66. The minimum atomic E-state index is 0.597. The molecule has 5 heteroatoms. The Hall–Kier alpha value is -0.810. The summed E-state index contributed by atoms with van der Waals surface area (Å²) in [5.41, 5.74) is 6.68. The van der Waals surface area contributed by atoms with E-state index in [1.54, 1.807) is 0 Å². The van der Waals surface area contributed by atoms with Crippen LogP contribution < -0.4 is 10.5 Å². The molecule has 0 aliphatic carbocycles. The molecule has 0 spiro atoms. The lowest BCUT2D eigenvalue weighted by atomic mass is 10.1. The summed E-state index contributed by atoms with van der Waals surface area (Å²) in [5.74, 6) is 0.892. The molecule has 1 aromatic rings. The van der Waals surface area contributed by atoms with E-state index in [0.717, 1.165) is 55.6 Å². The molecule has 1 fully saturated rings. The highest BCUT2D eigenvalue weighted by Crippen LogP contribution is 2.23. The lowest BCUT2D eigenvalue weighted by Crippen LogP contribution is -2.38. The van der Waals surface area contributed by atoms with E-state index in [4.69, 9.17) is 26.8 Å². The standard InChI is InChI=1S/C14H21ClN2O2/c15-13-1-2-14(12(11-13)3-4-16)19-10-7-17-5-8-18-9-6-17/h1-2,11H,3-10,16H2.